The van der Waals surface area contributed by atoms with E-state index < -0.39 is 11.0 Å². The maximum atomic E-state index is 13.1. The second-order valence-electron chi connectivity index (χ2n) is 6.75. The van der Waals surface area contributed by atoms with E-state index in [1.54, 1.807) is 48.5 Å². The number of halogens is 1. The molecule has 0 spiro atoms. The Hall–Kier alpha value is -3.58. The zero-order valence-corrected chi connectivity index (χ0v) is 17.8. The first-order valence-electron chi connectivity index (χ1n) is 9.43. The first-order valence-corrected chi connectivity index (χ1v) is 9.80. The van der Waals surface area contributed by atoms with Crippen LogP contribution in [0.1, 0.15) is 28.4 Å². The van der Waals surface area contributed by atoms with Gasteiger partial charge in [-0.05, 0) is 42.0 Å². The van der Waals surface area contributed by atoms with Crippen LogP contribution in [0.2, 0.25) is 5.02 Å². The second-order valence-corrected chi connectivity index (χ2v) is 7.19. The van der Waals surface area contributed by atoms with Crippen LogP contribution in [0.4, 0.5) is 11.4 Å². The van der Waals surface area contributed by atoms with Crippen molar-refractivity contribution >= 4 is 28.8 Å². The highest BCUT2D eigenvalue weighted by atomic mass is 35.5. The maximum absolute atomic E-state index is 13.1. The lowest BCUT2D eigenvalue weighted by atomic mass is 9.97. The monoisotopic (exact) mass is 440 g/mol. The van der Waals surface area contributed by atoms with Crippen LogP contribution in [0.15, 0.2) is 66.7 Å². The summed E-state index contributed by atoms with van der Waals surface area (Å²) in [6.07, 6.45) is 0.111. The molecule has 0 aliphatic carbocycles. The van der Waals surface area contributed by atoms with Crippen molar-refractivity contribution in [3.63, 3.8) is 0 Å². The molecule has 1 unspecified atom stereocenters. The van der Waals surface area contributed by atoms with Gasteiger partial charge in [0.2, 0.25) is 0 Å². The van der Waals surface area contributed by atoms with Crippen molar-refractivity contribution in [2.24, 2.45) is 0 Å². The predicted molar refractivity (Wildman–Crippen MR) is 119 cm³/mol. The molecule has 0 fully saturated rings. The summed E-state index contributed by atoms with van der Waals surface area (Å²) in [6, 6.07) is 17.8. The number of Topliss-reactive ketones (excluding diaryl/α,β-unsaturated/α-hetero) is 1. The van der Waals surface area contributed by atoms with E-state index in [0.29, 0.717) is 22.1 Å². The van der Waals surface area contributed by atoms with E-state index in [1.165, 1.54) is 26.4 Å². The smallest absolute Gasteiger partial charge is 0.269 e. The predicted octanol–water partition coefficient (Wildman–Crippen LogP) is 5.69. The van der Waals surface area contributed by atoms with E-state index in [4.69, 9.17) is 21.1 Å². The van der Waals surface area contributed by atoms with Gasteiger partial charge in [0.1, 0.15) is 0 Å². The number of anilines is 1. The molecule has 3 rings (SSSR count). The first kappa shape index (κ1) is 22.1. The third-order valence-corrected chi connectivity index (χ3v) is 5.00. The summed E-state index contributed by atoms with van der Waals surface area (Å²) >= 11 is 6.09. The molecule has 0 aromatic heterocycles. The molecule has 3 aromatic rings. The summed E-state index contributed by atoms with van der Waals surface area (Å²) < 4.78 is 10.5. The molecule has 3 aromatic carbocycles. The number of carbonyl (C=O) groups is 1. The van der Waals surface area contributed by atoms with Crippen LogP contribution in [0.3, 0.4) is 0 Å². The highest BCUT2D eigenvalue weighted by Crippen LogP contribution is 2.31. The number of benzene rings is 3. The Balaban J connectivity index is 1.90. The third kappa shape index (κ3) is 5.52. The van der Waals surface area contributed by atoms with E-state index in [2.05, 4.69) is 5.32 Å². The number of nitrogens with zero attached hydrogens (tertiary/aromatic N) is 1. The van der Waals surface area contributed by atoms with E-state index in [1.807, 2.05) is 6.07 Å². The van der Waals surface area contributed by atoms with Gasteiger partial charge in [-0.2, -0.15) is 0 Å². The van der Waals surface area contributed by atoms with Gasteiger partial charge < -0.3 is 14.8 Å². The molecule has 0 aliphatic heterocycles. The zero-order chi connectivity index (χ0) is 22.4. The van der Waals surface area contributed by atoms with Gasteiger partial charge in [0, 0.05) is 34.8 Å². The van der Waals surface area contributed by atoms with Crippen molar-refractivity contribution < 1.29 is 19.2 Å². The van der Waals surface area contributed by atoms with Crippen LogP contribution in [0, 0.1) is 10.1 Å². The Bertz CT molecular complexity index is 1090. The molecule has 160 valence electrons. The number of hydrogen-bond acceptors (Lipinski definition) is 6. The van der Waals surface area contributed by atoms with Crippen LogP contribution >= 0.6 is 11.6 Å². The first-order chi connectivity index (χ1) is 14.9. The number of nitro groups is 1. The van der Waals surface area contributed by atoms with Crippen LogP contribution < -0.4 is 14.8 Å². The van der Waals surface area contributed by atoms with Crippen molar-refractivity contribution in [3.8, 4) is 11.5 Å². The van der Waals surface area contributed by atoms with Gasteiger partial charge in [-0.25, -0.2) is 0 Å². The van der Waals surface area contributed by atoms with Gasteiger partial charge in [-0.15, -0.1) is 0 Å². The van der Waals surface area contributed by atoms with Gasteiger partial charge in [0.15, 0.2) is 17.3 Å². The van der Waals surface area contributed by atoms with Crippen LogP contribution in [0.5, 0.6) is 11.5 Å². The number of ether oxygens (including phenoxy) is 2. The van der Waals surface area contributed by atoms with Crippen molar-refractivity contribution in [3.05, 3.63) is 93.0 Å². The minimum Gasteiger partial charge on any atom is -0.493 e. The largest absolute Gasteiger partial charge is 0.493 e. The molecule has 8 heteroatoms. The molecule has 31 heavy (non-hydrogen) atoms. The zero-order valence-electron chi connectivity index (χ0n) is 17.0. The molecule has 0 amide bonds. The van der Waals surface area contributed by atoms with Crippen molar-refractivity contribution in [2.75, 3.05) is 19.5 Å². The minimum absolute atomic E-state index is 0.0172. The molecule has 0 aliphatic rings. The quantitative estimate of drug-likeness (QED) is 0.261. The molecule has 1 atom stereocenters. The third-order valence-electron chi connectivity index (χ3n) is 4.77. The van der Waals surface area contributed by atoms with Crippen LogP contribution in [-0.2, 0) is 0 Å². The number of nitro benzene ring substituents is 1. The van der Waals surface area contributed by atoms with Crippen molar-refractivity contribution in [1.29, 1.82) is 0 Å². The van der Waals surface area contributed by atoms with Crippen LogP contribution in [-0.4, -0.2) is 24.9 Å². The number of rotatable bonds is 9. The average molecular weight is 441 g/mol. The number of carbonyl (C=O) groups excluding carboxylic acids is 1. The number of nitrogens with one attached hydrogen (secondary N) is 1. The Morgan fingerprint density at radius 2 is 1.74 bits per heavy atom. The van der Waals surface area contributed by atoms with Crippen molar-refractivity contribution in [1.82, 2.24) is 0 Å². The summed E-state index contributed by atoms with van der Waals surface area (Å²) in [5, 5.41) is 14.8. The highest BCUT2D eigenvalue weighted by molar-refractivity contribution is 6.30. The summed E-state index contributed by atoms with van der Waals surface area (Å²) in [5.41, 5.74) is 1.92. The Morgan fingerprint density at radius 3 is 2.35 bits per heavy atom. The Morgan fingerprint density at radius 1 is 1.03 bits per heavy atom. The van der Waals surface area contributed by atoms with Gasteiger partial charge in [0.05, 0.1) is 25.2 Å². The fourth-order valence-electron chi connectivity index (χ4n) is 3.17. The maximum Gasteiger partial charge on any atom is 0.269 e. The molecule has 0 saturated carbocycles. The van der Waals surface area contributed by atoms with E-state index in [0.717, 1.165) is 11.3 Å². The summed E-state index contributed by atoms with van der Waals surface area (Å²) in [6.45, 7) is 0. The number of ketones is 1. The van der Waals surface area contributed by atoms with Gasteiger partial charge in [-0.3, -0.25) is 14.9 Å². The van der Waals surface area contributed by atoms with Gasteiger partial charge in [0.25, 0.3) is 5.69 Å². The lowest BCUT2D eigenvalue weighted by Gasteiger charge is -2.20. The number of non-ortho nitro benzene ring substituents is 1. The standard InChI is InChI=1S/C23H21ClN2O5/c1-30-22-11-8-16(12-23(22)31-2)21(27)14-20(25-18-5-3-4-17(24)13-18)15-6-9-19(10-7-15)26(28)29/h3-13,20,25H,14H2,1-2H3. The summed E-state index contributed by atoms with van der Waals surface area (Å²) in [5.74, 6) is 0.866. The lowest BCUT2D eigenvalue weighted by Crippen LogP contribution is -2.16. The van der Waals surface area contributed by atoms with E-state index >= 15 is 0 Å². The average Bonchev–Trinajstić information content (AvgIpc) is 2.78. The minimum atomic E-state index is -0.460. The fourth-order valence-corrected chi connectivity index (χ4v) is 3.36. The molecule has 0 bridgehead atoms. The molecule has 1 N–H and O–H groups in total. The molecular formula is C23H21ClN2O5. The normalized spacial score (nSPS) is 11.5. The summed E-state index contributed by atoms with van der Waals surface area (Å²) in [7, 11) is 3.03. The van der Waals surface area contributed by atoms with Crippen molar-refractivity contribution in [2.45, 2.75) is 12.5 Å². The SMILES string of the molecule is COc1ccc(C(=O)CC(Nc2cccc(Cl)c2)c2ccc([N+](=O)[O-])cc2)cc1OC. The van der Waals surface area contributed by atoms with E-state index in [-0.39, 0.29) is 17.9 Å². The molecule has 0 saturated heterocycles. The highest BCUT2D eigenvalue weighted by Gasteiger charge is 2.20. The van der Waals surface area contributed by atoms with Crippen LogP contribution in [0.25, 0.3) is 0 Å². The molecule has 0 radical (unpaired) electrons. The Kier molecular flexibility index (Phi) is 7.10. The molecular weight excluding hydrogens is 420 g/mol. The topological polar surface area (TPSA) is 90.7 Å². The number of methoxy groups -OCH3 is 2. The molecule has 0 heterocycles. The second kappa shape index (κ2) is 9.95. The van der Waals surface area contributed by atoms with E-state index in [9.17, 15) is 14.9 Å². The van der Waals surface area contributed by atoms with Gasteiger partial charge in [-0.1, -0.05) is 29.8 Å². The number of hydrogen-bond donors (Lipinski definition) is 1. The van der Waals surface area contributed by atoms with Gasteiger partial charge >= 0.3 is 0 Å². The lowest BCUT2D eigenvalue weighted by molar-refractivity contribution is -0.384. The Labute approximate surface area is 184 Å². The fraction of sp³-hybridized carbons (Fsp3) is 0.174. The summed E-state index contributed by atoms with van der Waals surface area (Å²) in [4.78, 5) is 23.6. The molecule has 7 nitrogen and oxygen atoms in total.